The Kier molecular flexibility index (Phi) is 6.70. The van der Waals surface area contributed by atoms with Gasteiger partial charge in [-0.25, -0.2) is 13.4 Å². The summed E-state index contributed by atoms with van der Waals surface area (Å²) >= 11 is 0. The predicted octanol–water partition coefficient (Wildman–Crippen LogP) is 2.79. The van der Waals surface area contributed by atoms with Crippen LogP contribution in [-0.4, -0.2) is 41.2 Å². The quantitative estimate of drug-likeness (QED) is 0.434. The third-order valence-electron chi connectivity index (χ3n) is 6.58. The van der Waals surface area contributed by atoms with E-state index in [0.717, 1.165) is 55.1 Å². The fraction of sp³-hybridized carbons (Fsp3) is 0.250. The molecular weight excluding hydrogens is 458 g/mol. The number of quaternary nitrogens is 1. The predicted molar refractivity (Wildman–Crippen MR) is 137 cm³/mol. The number of benzene rings is 3. The molecule has 0 spiro atoms. The third-order valence-corrected chi connectivity index (χ3v) is 8.36. The summed E-state index contributed by atoms with van der Waals surface area (Å²) < 4.78 is 33.3. The van der Waals surface area contributed by atoms with E-state index in [9.17, 15) is 8.42 Å². The molecule has 1 aliphatic rings. The lowest BCUT2D eigenvalue weighted by atomic mass is 10.1. The highest BCUT2D eigenvalue weighted by Crippen LogP contribution is 2.36. The lowest BCUT2D eigenvalue weighted by molar-refractivity contribution is -0.914. The molecule has 0 bridgehead atoms. The number of fused-ring (bicyclic) bond motifs is 1. The number of nitrogens with one attached hydrogen (secondary N) is 2. The first-order valence-corrected chi connectivity index (χ1v) is 13.6. The van der Waals surface area contributed by atoms with E-state index < -0.39 is 9.84 Å². The summed E-state index contributed by atoms with van der Waals surface area (Å²) in [5, 5.41) is 0.861. The lowest BCUT2D eigenvalue weighted by Gasteiger charge is -2.34. The van der Waals surface area contributed by atoms with Gasteiger partial charge in [0.25, 0.3) is 0 Å². The number of aromatic amines is 1. The SMILES string of the molecule is CCOc1ccc2[nH+]cc(S(=O)(=O)c3ccccc3)c(N3CC[NH+](Cc4ccccc4)CC3)c2c1. The number of H-pyrrole nitrogens is 1. The standard InChI is InChI=1S/C28H29N3O3S/c1-2-34-23-13-14-26-25(19-23)28(27(20-29-26)35(32,33)24-11-7-4-8-12-24)31-17-15-30(16-18-31)21-22-9-5-3-6-10-22/h3-14,19-20H,2,15-18,21H2,1H3/p+2. The molecule has 180 valence electrons. The number of piperazine rings is 1. The highest BCUT2D eigenvalue weighted by atomic mass is 32.2. The van der Waals surface area contributed by atoms with Gasteiger partial charge in [0, 0.05) is 11.6 Å². The van der Waals surface area contributed by atoms with E-state index in [1.807, 2.05) is 37.3 Å². The number of anilines is 1. The van der Waals surface area contributed by atoms with Gasteiger partial charge in [0.2, 0.25) is 15.4 Å². The maximum absolute atomic E-state index is 13.8. The van der Waals surface area contributed by atoms with E-state index >= 15 is 0 Å². The molecule has 35 heavy (non-hydrogen) atoms. The molecule has 4 aromatic rings. The van der Waals surface area contributed by atoms with Gasteiger partial charge in [0.15, 0.2) is 11.1 Å². The number of rotatable bonds is 7. The van der Waals surface area contributed by atoms with Gasteiger partial charge < -0.3 is 14.5 Å². The molecule has 1 aromatic heterocycles. The van der Waals surface area contributed by atoms with Crippen molar-refractivity contribution in [3.63, 3.8) is 0 Å². The van der Waals surface area contributed by atoms with Crippen molar-refractivity contribution >= 4 is 26.4 Å². The number of aromatic nitrogens is 1. The molecule has 2 N–H and O–H groups in total. The van der Waals surface area contributed by atoms with Crippen LogP contribution in [0.3, 0.4) is 0 Å². The van der Waals surface area contributed by atoms with Crippen molar-refractivity contribution in [3.05, 3.63) is 90.6 Å². The molecule has 0 amide bonds. The van der Waals surface area contributed by atoms with E-state index in [2.05, 4.69) is 34.1 Å². The molecule has 1 fully saturated rings. The molecule has 0 radical (unpaired) electrons. The van der Waals surface area contributed by atoms with Crippen molar-refractivity contribution in [2.75, 3.05) is 37.7 Å². The van der Waals surface area contributed by atoms with Crippen LogP contribution in [0.1, 0.15) is 12.5 Å². The Morgan fingerprint density at radius 3 is 2.31 bits per heavy atom. The normalized spacial score (nSPS) is 14.8. The lowest BCUT2D eigenvalue weighted by Crippen LogP contribution is -3.13. The van der Waals surface area contributed by atoms with Crippen LogP contribution in [0.2, 0.25) is 0 Å². The summed E-state index contributed by atoms with van der Waals surface area (Å²) in [6.07, 6.45) is 1.64. The minimum Gasteiger partial charge on any atom is -0.494 e. The average Bonchev–Trinajstić information content (AvgIpc) is 2.90. The van der Waals surface area contributed by atoms with Gasteiger partial charge in [0.05, 0.1) is 48.8 Å². The van der Waals surface area contributed by atoms with Crippen LogP contribution in [0.5, 0.6) is 5.75 Å². The Morgan fingerprint density at radius 2 is 1.63 bits per heavy atom. The Morgan fingerprint density at radius 1 is 0.943 bits per heavy atom. The Bertz CT molecular complexity index is 1400. The molecule has 3 aromatic carbocycles. The first kappa shape index (κ1) is 23.3. The fourth-order valence-corrected chi connectivity index (χ4v) is 6.29. The zero-order valence-electron chi connectivity index (χ0n) is 19.9. The Balaban J connectivity index is 1.54. The van der Waals surface area contributed by atoms with E-state index in [1.54, 1.807) is 30.5 Å². The molecule has 5 rings (SSSR count). The van der Waals surface area contributed by atoms with E-state index in [1.165, 1.54) is 10.5 Å². The molecule has 7 heteroatoms. The second-order valence-corrected chi connectivity index (χ2v) is 10.8. The zero-order valence-corrected chi connectivity index (χ0v) is 20.7. The largest absolute Gasteiger partial charge is 0.494 e. The number of hydrogen-bond acceptors (Lipinski definition) is 4. The van der Waals surface area contributed by atoms with Crippen molar-refractivity contribution in [2.45, 2.75) is 23.3 Å². The van der Waals surface area contributed by atoms with Crippen molar-refractivity contribution < 1.29 is 23.0 Å². The van der Waals surface area contributed by atoms with Crippen molar-refractivity contribution in [2.24, 2.45) is 0 Å². The number of ether oxygens (including phenoxy) is 1. The Hall–Kier alpha value is -3.42. The maximum Gasteiger partial charge on any atom is 0.214 e. The first-order chi connectivity index (χ1) is 17.1. The van der Waals surface area contributed by atoms with Crippen LogP contribution in [0.4, 0.5) is 5.69 Å². The maximum atomic E-state index is 13.8. The summed E-state index contributed by atoms with van der Waals surface area (Å²) in [6.45, 7) is 6.89. The molecule has 0 unspecified atom stereocenters. The van der Waals surface area contributed by atoms with E-state index in [4.69, 9.17) is 4.74 Å². The zero-order chi connectivity index (χ0) is 24.3. The minimum absolute atomic E-state index is 0.295. The molecule has 6 nitrogen and oxygen atoms in total. The number of sulfone groups is 1. The summed E-state index contributed by atoms with van der Waals surface area (Å²) in [6, 6.07) is 25.0. The summed E-state index contributed by atoms with van der Waals surface area (Å²) in [5.41, 5.74) is 2.96. The van der Waals surface area contributed by atoms with Crippen LogP contribution in [0.15, 0.2) is 94.9 Å². The molecule has 2 heterocycles. The van der Waals surface area contributed by atoms with Crippen molar-refractivity contribution in [1.82, 2.24) is 0 Å². The summed E-state index contributed by atoms with van der Waals surface area (Å²) in [4.78, 5) is 7.55. The van der Waals surface area contributed by atoms with Crippen LogP contribution in [0.25, 0.3) is 10.9 Å². The van der Waals surface area contributed by atoms with Gasteiger partial charge in [-0.2, -0.15) is 0 Å². The van der Waals surface area contributed by atoms with E-state index in [0.29, 0.717) is 16.4 Å². The fourth-order valence-electron chi connectivity index (χ4n) is 4.81. The molecule has 0 aliphatic carbocycles. The molecule has 0 atom stereocenters. The van der Waals surface area contributed by atoms with Gasteiger partial charge in [-0.05, 0) is 31.2 Å². The van der Waals surface area contributed by atoms with Crippen LogP contribution >= 0.6 is 0 Å². The van der Waals surface area contributed by atoms with Crippen LogP contribution in [0, 0.1) is 0 Å². The van der Waals surface area contributed by atoms with Gasteiger partial charge in [-0.3, -0.25) is 0 Å². The smallest absolute Gasteiger partial charge is 0.214 e. The molecule has 1 saturated heterocycles. The second-order valence-electron chi connectivity index (χ2n) is 8.86. The van der Waals surface area contributed by atoms with Gasteiger partial charge >= 0.3 is 0 Å². The van der Waals surface area contributed by atoms with Crippen molar-refractivity contribution in [1.29, 1.82) is 0 Å². The number of hydrogen-bond donors (Lipinski definition) is 1. The molecule has 1 aliphatic heterocycles. The summed E-state index contributed by atoms with van der Waals surface area (Å²) in [5.74, 6) is 0.734. The molecule has 0 saturated carbocycles. The van der Waals surface area contributed by atoms with Gasteiger partial charge in [-0.1, -0.05) is 48.5 Å². The van der Waals surface area contributed by atoms with E-state index in [-0.39, 0.29) is 0 Å². The van der Waals surface area contributed by atoms with Crippen molar-refractivity contribution in [3.8, 4) is 5.75 Å². The highest BCUT2D eigenvalue weighted by molar-refractivity contribution is 7.91. The Labute approximate surface area is 206 Å². The van der Waals surface area contributed by atoms with Gasteiger partial charge in [-0.15, -0.1) is 0 Å². The number of pyridine rings is 1. The third kappa shape index (κ3) is 4.88. The monoisotopic (exact) mass is 489 g/mol. The average molecular weight is 490 g/mol. The topological polar surface area (TPSA) is 65.2 Å². The second kappa shape index (κ2) is 10.1. The van der Waals surface area contributed by atoms with Crippen LogP contribution in [-0.2, 0) is 16.4 Å². The minimum atomic E-state index is -3.72. The van der Waals surface area contributed by atoms with Crippen LogP contribution < -0.4 is 19.5 Å². The highest BCUT2D eigenvalue weighted by Gasteiger charge is 2.32. The molecular formula is C28H31N3O3S+2. The summed E-state index contributed by atoms with van der Waals surface area (Å²) in [7, 11) is -3.72. The number of nitrogens with zero attached hydrogens (tertiary/aromatic N) is 1. The van der Waals surface area contributed by atoms with Gasteiger partial charge in [0.1, 0.15) is 12.3 Å². The first-order valence-electron chi connectivity index (χ1n) is 12.1.